The topological polar surface area (TPSA) is 119 Å². The second-order valence-corrected chi connectivity index (χ2v) is 12.5. The van der Waals surface area contributed by atoms with E-state index >= 15 is 0 Å². The molecular formula is C34H42N4O5S. The first-order chi connectivity index (χ1) is 21.0. The van der Waals surface area contributed by atoms with E-state index in [1.165, 1.54) is 24.2 Å². The maximum Gasteiger partial charge on any atom is 0.253 e. The highest BCUT2D eigenvalue weighted by Gasteiger charge is 2.26. The number of likely N-dealkylation sites (N-methyl/N-ethyl adjacent to an activating group) is 1. The highest BCUT2D eigenvalue weighted by Crippen LogP contribution is 2.15. The zero-order valence-corrected chi connectivity index (χ0v) is 26.4. The highest BCUT2D eigenvalue weighted by atomic mass is 32.2. The first kappa shape index (κ1) is 34.5. The number of terminal acetylenes is 1. The van der Waals surface area contributed by atoms with Crippen LogP contribution in [-0.2, 0) is 22.2 Å². The summed E-state index contributed by atoms with van der Waals surface area (Å²) in [6.45, 7) is 5.06. The Balaban J connectivity index is 1.81. The summed E-state index contributed by atoms with van der Waals surface area (Å²) >= 11 is 0. The predicted molar refractivity (Wildman–Crippen MR) is 173 cm³/mol. The lowest BCUT2D eigenvalue weighted by Gasteiger charge is -2.28. The Kier molecular flexibility index (Phi) is 13.1. The number of rotatable bonds is 16. The lowest BCUT2D eigenvalue weighted by Crippen LogP contribution is -2.52. The number of hydrogen-bond donors (Lipinski definition) is 3. The van der Waals surface area contributed by atoms with Gasteiger partial charge in [0.25, 0.3) is 11.8 Å². The van der Waals surface area contributed by atoms with E-state index in [1.54, 1.807) is 35.2 Å². The maximum absolute atomic E-state index is 13.6. The van der Waals surface area contributed by atoms with Crippen LogP contribution in [0.4, 0.5) is 0 Å². The number of amides is 2. The van der Waals surface area contributed by atoms with Crippen molar-refractivity contribution in [1.29, 1.82) is 0 Å². The molecule has 234 valence electrons. The average molecular weight is 619 g/mol. The summed E-state index contributed by atoms with van der Waals surface area (Å²) < 4.78 is 25.5. The van der Waals surface area contributed by atoms with Gasteiger partial charge in [-0.25, -0.2) is 13.4 Å². The molecular weight excluding hydrogens is 576 g/mol. The van der Waals surface area contributed by atoms with Crippen LogP contribution in [0.2, 0.25) is 0 Å². The number of carbonyl (C=O) groups excluding carboxylic acids is 2. The van der Waals surface area contributed by atoms with E-state index in [9.17, 15) is 23.1 Å². The predicted octanol–water partition coefficient (Wildman–Crippen LogP) is 3.60. The molecule has 0 bridgehead atoms. The molecule has 0 aliphatic heterocycles. The third kappa shape index (κ3) is 10.6. The monoisotopic (exact) mass is 618 g/mol. The molecule has 0 heterocycles. The van der Waals surface area contributed by atoms with E-state index in [0.29, 0.717) is 29.8 Å². The third-order valence-electron chi connectivity index (χ3n) is 6.92. The molecule has 44 heavy (non-hydrogen) atoms. The number of hydrazine groups is 1. The van der Waals surface area contributed by atoms with Crippen molar-refractivity contribution in [2.75, 3.05) is 26.7 Å². The lowest BCUT2D eigenvalue weighted by atomic mass is 9.99. The van der Waals surface area contributed by atoms with Crippen LogP contribution in [0.3, 0.4) is 0 Å². The van der Waals surface area contributed by atoms with Gasteiger partial charge in [-0.05, 0) is 48.6 Å². The van der Waals surface area contributed by atoms with E-state index in [0.717, 1.165) is 18.4 Å². The van der Waals surface area contributed by atoms with Crippen LogP contribution >= 0.6 is 0 Å². The molecule has 0 aliphatic carbocycles. The maximum atomic E-state index is 13.6. The summed E-state index contributed by atoms with van der Waals surface area (Å²) in [4.78, 5) is 31.1. The fourth-order valence-corrected chi connectivity index (χ4v) is 6.16. The first-order valence-corrected chi connectivity index (χ1v) is 16.4. The van der Waals surface area contributed by atoms with Crippen LogP contribution in [0.5, 0.6) is 0 Å². The minimum absolute atomic E-state index is 0.108. The van der Waals surface area contributed by atoms with Gasteiger partial charge in [-0.1, -0.05) is 80.4 Å². The number of aliphatic hydroxyl groups is 1. The van der Waals surface area contributed by atoms with Gasteiger partial charge in [-0.15, -0.1) is 11.3 Å². The van der Waals surface area contributed by atoms with Gasteiger partial charge in [0.15, 0.2) is 0 Å². The van der Waals surface area contributed by atoms with Crippen LogP contribution in [-0.4, -0.2) is 74.1 Å². The van der Waals surface area contributed by atoms with Gasteiger partial charge in [-0.3, -0.25) is 9.59 Å². The standard InChI is InChI=1S/C34H42N4O5S/c1-5-18-38(19-6-2)34(41)30-21-26(7-3)20-29(23-30)33(40)35-31(22-27-14-10-8-11-15-27)32(39)24-37(4)36-44(42,43)25-28-16-12-9-13-17-28/h3,8-17,20-21,23,31-32,36,39H,5-6,18-19,22,24-25H2,1-2,4H3,(H,35,40). The van der Waals surface area contributed by atoms with Crippen molar-refractivity contribution in [2.24, 2.45) is 0 Å². The van der Waals surface area contributed by atoms with Gasteiger partial charge in [0.05, 0.1) is 17.9 Å². The number of sulfonamides is 1. The van der Waals surface area contributed by atoms with Gasteiger partial charge in [-0.2, -0.15) is 0 Å². The second-order valence-electron chi connectivity index (χ2n) is 10.8. The molecule has 3 aromatic rings. The average Bonchev–Trinajstić information content (AvgIpc) is 3.00. The van der Waals surface area contributed by atoms with Gasteiger partial charge in [0.2, 0.25) is 10.0 Å². The third-order valence-corrected chi connectivity index (χ3v) is 8.22. The number of carbonyl (C=O) groups is 2. The SMILES string of the molecule is C#Cc1cc(C(=O)NC(Cc2ccccc2)C(O)CN(C)NS(=O)(=O)Cc2ccccc2)cc(C(=O)N(CCC)CCC)c1. The largest absolute Gasteiger partial charge is 0.390 e. The van der Waals surface area contributed by atoms with Crippen LogP contribution in [0.25, 0.3) is 0 Å². The molecule has 0 fully saturated rings. The first-order valence-electron chi connectivity index (χ1n) is 14.7. The van der Waals surface area contributed by atoms with Crippen LogP contribution < -0.4 is 10.1 Å². The Morgan fingerprint density at radius 3 is 2.05 bits per heavy atom. The van der Waals surface area contributed by atoms with Crippen molar-refractivity contribution < 1.29 is 23.1 Å². The van der Waals surface area contributed by atoms with E-state index in [1.807, 2.05) is 50.2 Å². The Hall–Kier alpha value is -4.01. The minimum atomic E-state index is -3.74. The minimum Gasteiger partial charge on any atom is -0.390 e. The number of aliphatic hydroxyl groups excluding tert-OH is 1. The fraction of sp³-hybridized carbons (Fsp3) is 0.353. The van der Waals surface area contributed by atoms with Crippen molar-refractivity contribution >= 4 is 21.8 Å². The zero-order chi connectivity index (χ0) is 32.1. The molecule has 10 heteroatoms. The van der Waals surface area contributed by atoms with Crippen molar-refractivity contribution in [3.63, 3.8) is 0 Å². The van der Waals surface area contributed by atoms with Crippen molar-refractivity contribution in [3.05, 3.63) is 107 Å². The molecule has 0 saturated carbocycles. The van der Waals surface area contributed by atoms with Crippen LogP contribution in [0.1, 0.15) is 64.1 Å². The summed E-state index contributed by atoms with van der Waals surface area (Å²) in [5, 5.41) is 15.5. The van der Waals surface area contributed by atoms with Gasteiger partial charge >= 0.3 is 0 Å². The summed E-state index contributed by atoms with van der Waals surface area (Å²) in [5.74, 6) is 1.59. The van der Waals surface area contributed by atoms with E-state index < -0.39 is 28.1 Å². The summed E-state index contributed by atoms with van der Waals surface area (Å²) in [7, 11) is -2.23. The summed E-state index contributed by atoms with van der Waals surface area (Å²) in [5.41, 5.74) is 2.40. The normalized spacial score (nSPS) is 12.7. The van der Waals surface area contributed by atoms with Gasteiger partial charge in [0, 0.05) is 43.4 Å². The zero-order valence-electron chi connectivity index (χ0n) is 25.6. The molecule has 2 unspecified atom stereocenters. The summed E-state index contributed by atoms with van der Waals surface area (Å²) in [6.07, 6.45) is 6.39. The smallest absolute Gasteiger partial charge is 0.253 e. The van der Waals surface area contributed by atoms with E-state index in [2.05, 4.69) is 16.1 Å². The highest BCUT2D eigenvalue weighted by molar-refractivity contribution is 7.88. The number of nitrogens with one attached hydrogen (secondary N) is 2. The van der Waals surface area contributed by atoms with Crippen LogP contribution in [0.15, 0.2) is 78.9 Å². The molecule has 0 saturated heterocycles. The Bertz CT molecular complexity index is 1520. The van der Waals surface area contributed by atoms with Gasteiger partial charge in [0.1, 0.15) is 0 Å². The Labute approximate surface area is 261 Å². The number of benzene rings is 3. The Morgan fingerprint density at radius 1 is 0.909 bits per heavy atom. The Morgan fingerprint density at radius 2 is 1.48 bits per heavy atom. The molecule has 9 nitrogen and oxygen atoms in total. The van der Waals surface area contributed by atoms with Gasteiger partial charge < -0.3 is 15.3 Å². The quantitative estimate of drug-likeness (QED) is 0.167. The van der Waals surface area contributed by atoms with Crippen molar-refractivity contribution in [3.8, 4) is 12.3 Å². The molecule has 2 amide bonds. The second kappa shape index (κ2) is 16.7. The van der Waals surface area contributed by atoms with Crippen LogP contribution in [0, 0.1) is 12.3 Å². The molecule has 3 rings (SSSR count). The molecule has 0 aliphatic rings. The molecule has 0 aromatic heterocycles. The van der Waals surface area contributed by atoms with E-state index in [-0.39, 0.29) is 30.2 Å². The molecule has 0 radical (unpaired) electrons. The number of hydrogen-bond acceptors (Lipinski definition) is 6. The molecule has 2 atom stereocenters. The molecule has 3 aromatic carbocycles. The van der Waals surface area contributed by atoms with Crippen molar-refractivity contribution in [1.82, 2.24) is 20.1 Å². The lowest BCUT2D eigenvalue weighted by molar-refractivity contribution is 0.0687. The van der Waals surface area contributed by atoms with E-state index in [4.69, 9.17) is 6.42 Å². The number of nitrogens with zero attached hydrogens (tertiary/aromatic N) is 2. The molecule has 3 N–H and O–H groups in total. The summed E-state index contributed by atoms with van der Waals surface area (Å²) in [6, 6.07) is 22.0. The fourth-order valence-electron chi connectivity index (χ4n) is 4.91. The molecule has 0 spiro atoms. The van der Waals surface area contributed by atoms with Crippen molar-refractivity contribution in [2.45, 2.75) is 51.0 Å².